The Labute approximate surface area is 94.5 Å². The van der Waals surface area contributed by atoms with Crippen LogP contribution in [-0.4, -0.2) is 11.1 Å². The lowest BCUT2D eigenvalue weighted by atomic mass is 9.96. The number of thiocarbonyl (C=S) groups is 1. The zero-order valence-corrected chi connectivity index (χ0v) is 9.65. The number of hydrogen-bond donors (Lipinski definition) is 0. The van der Waals surface area contributed by atoms with Crippen LogP contribution in [0.15, 0.2) is 47.4 Å². The molecule has 0 spiro atoms. The molecule has 0 aromatic heterocycles. The van der Waals surface area contributed by atoms with E-state index in [4.69, 9.17) is 12.2 Å². The molecule has 0 N–H and O–H groups in total. The average molecular weight is 220 g/mol. The molecule has 0 radical (unpaired) electrons. The van der Waals surface area contributed by atoms with Gasteiger partial charge in [-0.15, -0.1) is 11.8 Å². The molecule has 1 unspecified atom stereocenters. The van der Waals surface area contributed by atoms with Gasteiger partial charge in [0.15, 0.2) is 0 Å². The number of rotatable bonds is 3. The third-order valence-corrected chi connectivity index (χ3v) is 3.88. The van der Waals surface area contributed by atoms with Crippen LogP contribution in [0, 0.1) is 11.8 Å². The molecule has 14 heavy (non-hydrogen) atoms. The lowest BCUT2D eigenvalue weighted by Gasteiger charge is -2.16. The lowest BCUT2D eigenvalue weighted by molar-refractivity contribution is 1.04. The van der Waals surface area contributed by atoms with E-state index < -0.39 is 0 Å². The predicted molar refractivity (Wildman–Crippen MR) is 68.6 cm³/mol. The molecule has 72 valence electrons. The van der Waals surface area contributed by atoms with Gasteiger partial charge in [0.2, 0.25) is 0 Å². The molecule has 2 rings (SSSR count). The average Bonchev–Trinajstić information content (AvgIpc) is 2.87. The summed E-state index contributed by atoms with van der Waals surface area (Å²) in [7, 11) is 0. The molecule has 2 heteroatoms. The molecule has 0 aromatic rings. The summed E-state index contributed by atoms with van der Waals surface area (Å²) in [5.41, 5.74) is 0. The Morgan fingerprint density at radius 3 is 2.57 bits per heavy atom. The van der Waals surface area contributed by atoms with Crippen molar-refractivity contribution in [3.8, 4) is 0 Å². The van der Waals surface area contributed by atoms with Gasteiger partial charge in [0, 0.05) is 16.7 Å². The van der Waals surface area contributed by atoms with E-state index in [-0.39, 0.29) is 0 Å². The van der Waals surface area contributed by atoms with Gasteiger partial charge in [0.1, 0.15) is 0 Å². The number of thioether (sulfide) groups is 1. The molecular formula is C12H12S2. The fraction of sp³-hybridized carbons (Fsp3) is 0.250. The van der Waals surface area contributed by atoms with E-state index in [2.05, 4.69) is 48.8 Å². The molecule has 0 saturated heterocycles. The van der Waals surface area contributed by atoms with Crippen LogP contribution >= 0.6 is 24.0 Å². The molecule has 0 aromatic carbocycles. The van der Waals surface area contributed by atoms with Crippen molar-refractivity contribution >= 4 is 28.8 Å². The van der Waals surface area contributed by atoms with Gasteiger partial charge in [0.25, 0.3) is 0 Å². The smallest absolute Gasteiger partial charge is 0.0405 e. The molecule has 2 aliphatic carbocycles. The van der Waals surface area contributed by atoms with Crippen molar-refractivity contribution in [1.82, 2.24) is 0 Å². The fourth-order valence-electron chi connectivity index (χ4n) is 1.72. The molecule has 0 aliphatic heterocycles. The Hall–Kier alpha value is -0.600. The van der Waals surface area contributed by atoms with Crippen molar-refractivity contribution in [2.75, 3.05) is 6.26 Å². The second-order valence-corrected chi connectivity index (χ2v) is 4.68. The monoisotopic (exact) mass is 220 g/mol. The minimum atomic E-state index is 0.355. The fourth-order valence-corrected chi connectivity index (χ4v) is 2.83. The van der Waals surface area contributed by atoms with Crippen LogP contribution in [0.5, 0.6) is 0 Å². The maximum absolute atomic E-state index is 5.51. The second-order valence-electron chi connectivity index (χ2n) is 3.33. The lowest BCUT2D eigenvalue weighted by Crippen LogP contribution is -2.16. The van der Waals surface area contributed by atoms with Crippen molar-refractivity contribution < 1.29 is 0 Å². The highest BCUT2D eigenvalue weighted by Crippen LogP contribution is 2.32. The molecule has 0 fully saturated rings. The molecular weight excluding hydrogens is 208 g/mol. The van der Waals surface area contributed by atoms with E-state index >= 15 is 0 Å². The standard InChI is InChI=1S/C12H12S2/c1-14-11-8-4-7-10(11)12(13)9-5-2-3-6-9/h2-10H,1H3. The molecule has 1 atom stereocenters. The molecule has 0 saturated carbocycles. The van der Waals surface area contributed by atoms with E-state index in [1.54, 1.807) is 11.8 Å². The van der Waals surface area contributed by atoms with Crippen molar-refractivity contribution in [3.63, 3.8) is 0 Å². The molecule has 0 heterocycles. The highest BCUT2D eigenvalue weighted by molar-refractivity contribution is 8.02. The van der Waals surface area contributed by atoms with Gasteiger partial charge in [-0.2, -0.15) is 0 Å². The minimum absolute atomic E-state index is 0.355. The van der Waals surface area contributed by atoms with Gasteiger partial charge < -0.3 is 0 Å². The van der Waals surface area contributed by atoms with E-state index in [1.807, 2.05) is 0 Å². The van der Waals surface area contributed by atoms with Crippen LogP contribution in [0.1, 0.15) is 0 Å². The Morgan fingerprint density at radius 1 is 1.21 bits per heavy atom. The zero-order chi connectivity index (χ0) is 9.97. The van der Waals surface area contributed by atoms with Crippen LogP contribution in [0.25, 0.3) is 0 Å². The summed E-state index contributed by atoms with van der Waals surface area (Å²) in [5, 5.41) is 0. The first-order valence-corrected chi connectivity index (χ1v) is 6.27. The Kier molecular flexibility index (Phi) is 3.04. The van der Waals surface area contributed by atoms with Crippen LogP contribution in [-0.2, 0) is 0 Å². The molecule has 0 amide bonds. The number of allylic oxidation sites excluding steroid dienone is 8. The first-order chi connectivity index (χ1) is 6.83. The van der Waals surface area contributed by atoms with Crippen LogP contribution in [0.2, 0.25) is 0 Å². The van der Waals surface area contributed by atoms with Gasteiger partial charge in [0.05, 0.1) is 0 Å². The Balaban J connectivity index is 2.12. The minimum Gasteiger partial charge on any atom is -0.133 e. The second kappa shape index (κ2) is 4.28. The topological polar surface area (TPSA) is 0 Å². The van der Waals surface area contributed by atoms with E-state index in [0.29, 0.717) is 11.8 Å². The Bertz CT molecular complexity index is 347. The van der Waals surface area contributed by atoms with Gasteiger partial charge in [-0.05, 0) is 11.2 Å². The Morgan fingerprint density at radius 2 is 1.93 bits per heavy atom. The first kappa shape index (κ1) is 9.94. The summed E-state index contributed by atoms with van der Waals surface area (Å²) in [5.74, 6) is 0.714. The quantitative estimate of drug-likeness (QED) is 0.667. The number of hydrogen-bond acceptors (Lipinski definition) is 2. The summed E-state index contributed by atoms with van der Waals surface area (Å²) in [6, 6.07) is 0. The van der Waals surface area contributed by atoms with Gasteiger partial charge >= 0.3 is 0 Å². The predicted octanol–water partition coefficient (Wildman–Crippen LogP) is 3.53. The third kappa shape index (κ3) is 1.77. The van der Waals surface area contributed by atoms with Crippen LogP contribution in [0.4, 0.5) is 0 Å². The van der Waals surface area contributed by atoms with Crippen molar-refractivity contribution in [3.05, 3.63) is 47.4 Å². The molecule has 0 nitrogen and oxygen atoms in total. The maximum Gasteiger partial charge on any atom is 0.0405 e. The highest BCUT2D eigenvalue weighted by Gasteiger charge is 2.23. The van der Waals surface area contributed by atoms with Crippen molar-refractivity contribution in [2.24, 2.45) is 11.8 Å². The summed E-state index contributed by atoms with van der Waals surface area (Å²) >= 11 is 7.30. The van der Waals surface area contributed by atoms with Crippen LogP contribution in [0.3, 0.4) is 0 Å². The molecule has 2 aliphatic rings. The normalized spacial score (nSPS) is 24.6. The van der Waals surface area contributed by atoms with E-state index in [9.17, 15) is 0 Å². The maximum atomic E-state index is 5.51. The van der Waals surface area contributed by atoms with E-state index in [1.165, 1.54) is 4.91 Å². The first-order valence-electron chi connectivity index (χ1n) is 4.64. The van der Waals surface area contributed by atoms with Crippen molar-refractivity contribution in [2.45, 2.75) is 0 Å². The zero-order valence-electron chi connectivity index (χ0n) is 8.01. The summed E-state index contributed by atoms with van der Waals surface area (Å²) in [4.78, 5) is 2.48. The third-order valence-electron chi connectivity index (χ3n) is 2.49. The summed E-state index contributed by atoms with van der Waals surface area (Å²) in [6.45, 7) is 0. The van der Waals surface area contributed by atoms with Crippen molar-refractivity contribution in [1.29, 1.82) is 0 Å². The van der Waals surface area contributed by atoms with Gasteiger partial charge in [-0.3, -0.25) is 0 Å². The molecule has 0 bridgehead atoms. The van der Waals surface area contributed by atoms with Crippen LogP contribution < -0.4 is 0 Å². The summed E-state index contributed by atoms with van der Waals surface area (Å²) in [6.07, 6.45) is 17.0. The SMILES string of the molecule is CSC1=CC=CC1C(=S)C1C=CC=C1. The van der Waals surface area contributed by atoms with Gasteiger partial charge in [-0.25, -0.2) is 0 Å². The van der Waals surface area contributed by atoms with E-state index in [0.717, 1.165) is 4.86 Å². The largest absolute Gasteiger partial charge is 0.133 e. The summed E-state index contributed by atoms with van der Waals surface area (Å²) < 4.78 is 0. The van der Waals surface area contributed by atoms with Gasteiger partial charge in [-0.1, -0.05) is 54.8 Å². The highest BCUT2D eigenvalue weighted by atomic mass is 32.2.